The number of ether oxygens (including phenoxy) is 1. The van der Waals surface area contributed by atoms with Crippen molar-refractivity contribution in [2.75, 3.05) is 26.4 Å². The van der Waals surface area contributed by atoms with E-state index in [1.807, 2.05) is 0 Å². The lowest BCUT2D eigenvalue weighted by Gasteiger charge is -2.15. The van der Waals surface area contributed by atoms with Gasteiger partial charge in [-0.05, 0) is 77.0 Å². The molecule has 0 aliphatic rings. The molecule has 9 nitrogen and oxygen atoms in total. The molecule has 10 heteroatoms. The molecular formula is C45H80NO8P. The van der Waals surface area contributed by atoms with Gasteiger partial charge in [-0.2, -0.15) is 0 Å². The normalized spacial score (nSPS) is 13.9. The second-order valence-electron chi connectivity index (χ2n) is 14.3. The fraction of sp³-hybridized carbons (Fsp3) is 0.733. The molecular weight excluding hydrogens is 713 g/mol. The molecule has 0 radical (unpaired) electrons. The van der Waals surface area contributed by atoms with Gasteiger partial charge < -0.3 is 20.1 Å². The van der Waals surface area contributed by atoms with Crippen LogP contribution in [0.5, 0.6) is 0 Å². The number of allylic oxidation sites excluding steroid dienone is 10. The zero-order valence-electron chi connectivity index (χ0n) is 34.9. The van der Waals surface area contributed by atoms with Crippen LogP contribution in [-0.4, -0.2) is 54.3 Å². The molecule has 0 aromatic heterocycles. The molecule has 3 N–H and O–H groups in total. The van der Waals surface area contributed by atoms with Gasteiger partial charge in [0.2, 0.25) is 5.91 Å². The van der Waals surface area contributed by atoms with Gasteiger partial charge in [-0.25, -0.2) is 4.57 Å². The monoisotopic (exact) mass is 794 g/mol. The van der Waals surface area contributed by atoms with E-state index in [0.29, 0.717) is 12.8 Å². The minimum absolute atomic E-state index is 0.0747. The Hall–Kier alpha value is -2.29. The minimum atomic E-state index is -4.42. The van der Waals surface area contributed by atoms with Gasteiger partial charge in [-0.15, -0.1) is 0 Å². The van der Waals surface area contributed by atoms with Crippen LogP contribution < -0.4 is 5.32 Å². The molecule has 1 amide bonds. The van der Waals surface area contributed by atoms with Crippen molar-refractivity contribution in [3.63, 3.8) is 0 Å². The first-order chi connectivity index (χ1) is 26.8. The Kier molecular flexibility index (Phi) is 39.6. The lowest BCUT2D eigenvalue weighted by molar-refractivity contribution is -0.147. The third kappa shape index (κ3) is 42.7. The van der Waals surface area contributed by atoms with E-state index in [-0.39, 0.29) is 32.1 Å². The third-order valence-electron chi connectivity index (χ3n) is 8.93. The molecule has 0 aromatic carbocycles. The highest BCUT2D eigenvalue weighted by Gasteiger charge is 2.23. The van der Waals surface area contributed by atoms with Gasteiger partial charge in [0.05, 0.1) is 13.2 Å². The zero-order valence-corrected chi connectivity index (χ0v) is 35.7. The van der Waals surface area contributed by atoms with Crippen molar-refractivity contribution in [3.8, 4) is 0 Å². The molecule has 0 aliphatic carbocycles. The molecule has 318 valence electrons. The summed E-state index contributed by atoms with van der Waals surface area (Å²) in [6.45, 7) is 3.37. The van der Waals surface area contributed by atoms with E-state index < -0.39 is 26.5 Å². The van der Waals surface area contributed by atoms with E-state index in [2.05, 4.69) is 79.9 Å². The first-order valence-corrected chi connectivity index (χ1v) is 23.3. The van der Waals surface area contributed by atoms with Crippen LogP contribution in [0, 0.1) is 0 Å². The van der Waals surface area contributed by atoms with Crippen LogP contribution in [0.15, 0.2) is 60.8 Å². The standard InChI is InChI=1S/C45H80NO8P/c1-3-5-7-9-11-13-15-17-18-19-20-21-22-23-24-26-27-29-31-33-35-37-44(48)46-39-40-53-55(50,51)54-42-43(47)41-52-45(49)38-36-34-32-30-28-25-16-14-12-10-8-6-4-2/h6,8,11-14,17-18,25,28,43,47H,3-5,7,9-10,15-16,19-24,26-27,29-42H2,1-2H3,(H,46,48)(H,50,51)/b8-6-,13-11-,14-12-,18-17-,28-25-. The molecule has 0 fully saturated rings. The summed E-state index contributed by atoms with van der Waals surface area (Å²) in [5.74, 6) is -0.551. The van der Waals surface area contributed by atoms with Crippen molar-refractivity contribution in [3.05, 3.63) is 60.8 Å². The smallest absolute Gasteiger partial charge is 0.463 e. The summed E-state index contributed by atoms with van der Waals surface area (Å²) in [6, 6.07) is 0. The van der Waals surface area contributed by atoms with Gasteiger partial charge in [-0.1, -0.05) is 152 Å². The minimum Gasteiger partial charge on any atom is -0.463 e. The summed E-state index contributed by atoms with van der Waals surface area (Å²) >= 11 is 0. The number of carbonyl (C=O) groups excluding carboxylic acids is 2. The summed E-state index contributed by atoms with van der Waals surface area (Å²) in [4.78, 5) is 33.9. The average Bonchev–Trinajstić information content (AvgIpc) is 3.17. The van der Waals surface area contributed by atoms with Crippen molar-refractivity contribution in [2.24, 2.45) is 0 Å². The van der Waals surface area contributed by atoms with Gasteiger partial charge >= 0.3 is 13.8 Å². The Bertz CT molecular complexity index is 1090. The molecule has 2 unspecified atom stereocenters. The van der Waals surface area contributed by atoms with Gasteiger partial charge in [0.15, 0.2) is 0 Å². The predicted octanol–water partition coefficient (Wildman–Crippen LogP) is 12.1. The van der Waals surface area contributed by atoms with Crippen LogP contribution >= 0.6 is 7.82 Å². The van der Waals surface area contributed by atoms with Crippen LogP contribution in [0.2, 0.25) is 0 Å². The SMILES string of the molecule is CC/C=C\C/C=C\C/C=C\CCCCCC(=O)OCC(O)COP(=O)(O)OCCNC(=O)CCCCCCCCCCCCC/C=C\C/C=C\CCCCC. The highest BCUT2D eigenvalue weighted by molar-refractivity contribution is 7.47. The second kappa shape index (κ2) is 41.3. The predicted molar refractivity (Wildman–Crippen MR) is 229 cm³/mol. The van der Waals surface area contributed by atoms with Crippen molar-refractivity contribution < 1.29 is 37.9 Å². The van der Waals surface area contributed by atoms with Crippen molar-refractivity contribution in [1.82, 2.24) is 5.32 Å². The van der Waals surface area contributed by atoms with Crippen molar-refractivity contribution in [2.45, 2.75) is 187 Å². The van der Waals surface area contributed by atoms with E-state index >= 15 is 0 Å². The van der Waals surface area contributed by atoms with Gasteiger partial charge in [0.1, 0.15) is 12.7 Å². The molecule has 2 atom stereocenters. The largest absolute Gasteiger partial charge is 0.472 e. The summed E-state index contributed by atoms with van der Waals surface area (Å²) in [5, 5.41) is 12.7. The van der Waals surface area contributed by atoms with Crippen molar-refractivity contribution >= 4 is 19.7 Å². The Balaban J connectivity index is 3.61. The Morgan fingerprint density at radius 1 is 0.582 bits per heavy atom. The molecule has 0 aliphatic heterocycles. The fourth-order valence-electron chi connectivity index (χ4n) is 5.66. The maximum absolute atomic E-state index is 12.1. The van der Waals surface area contributed by atoms with E-state index in [4.69, 9.17) is 13.8 Å². The number of nitrogens with one attached hydrogen (secondary N) is 1. The van der Waals surface area contributed by atoms with Gasteiger partial charge in [0, 0.05) is 19.4 Å². The lowest BCUT2D eigenvalue weighted by atomic mass is 10.0. The lowest BCUT2D eigenvalue weighted by Crippen LogP contribution is -2.27. The summed E-state index contributed by atoms with van der Waals surface area (Å²) in [7, 11) is -4.42. The first kappa shape index (κ1) is 52.7. The van der Waals surface area contributed by atoms with Crippen LogP contribution in [0.4, 0.5) is 0 Å². The number of aliphatic hydroxyl groups is 1. The quantitative estimate of drug-likeness (QED) is 0.0242. The Morgan fingerprint density at radius 3 is 1.58 bits per heavy atom. The maximum atomic E-state index is 12.1. The van der Waals surface area contributed by atoms with E-state index in [9.17, 15) is 24.2 Å². The molecule has 0 bridgehead atoms. The summed E-state index contributed by atoms with van der Waals surface area (Å²) in [5.41, 5.74) is 0. The number of phosphoric ester groups is 1. The Morgan fingerprint density at radius 2 is 1.04 bits per heavy atom. The number of amides is 1. The van der Waals surface area contributed by atoms with Crippen LogP contribution in [0.3, 0.4) is 0 Å². The molecule has 0 saturated carbocycles. The highest BCUT2D eigenvalue weighted by Crippen LogP contribution is 2.42. The number of aliphatic hydroxyl groups excluding tert-OH is 1. The number of rotatable bonds is 40. The van der Waals surface area contributed by atoms with E-state index in [1.165, 1.54) is 83.5 Å². The molecule has 0 spiro atoms. The number of hydrogen-bond acceptors (Lipinski definition) is 7. The molecule has 0 aromatic rings. The van der Waals surface area contributed by atoms with Crippen LogP contribution in [0.25, 0.3) is 0 Å². The highest BCUT2D eigenvalue weighted by atomic mass is 31.2. The average molecular weight is 794 g/mol. The number of unbranched alkanes of at least 4 members (excludes halogenated alkanes) is 17. The topological polar surface area (TPSA) is 131 Å². The number of phosphoric acid groups is 1. The zero-order chi connectivity index (χ0) is 40.3. The van der Waals surface area contributed by atoms with Crippen LogP contribution in [0.1, 0.15) is 181 Å². The summed E-state index contributed by atoms with van der Waals surface area (Å²) in [6.07, 6.45) is 48.7. The second-order valence-corrected chi connectivity index (χ2v) is 15.7. The number of carbonyl (C=O) groups is 2. The van der Waals surface area contributed by atoms with Crippen LogP contribution in [-0.2, 0) is 27.9 Å². The first-order valence-electron chi connectivity index (χ1n) is 21.8. The molecule has 55 heavy (non-hydrogen) atoms. The third-order valence-corrected chi connectivity index (χ3v) is 9.92. The molecule has 0 saturated heterocycles. The van der Waals surface area contributed by atoms with E-state index in [1.54, 1.807) is 0 Å². The molecule has 0 rings (SSSR count). The number of hydrogen-bond donors (Lipinski definition) is 3. The van der Waals surface area contributed by atoms with Crippen molar-refractivity contribution in [1.29, 1.82) is 0 Å². The summed E-state index contributed by atoms with van der Waals surface area (Å²) < 4.78 is 26.8. The number of esters is 1. The molecule has 0 heterocycles. The van der Waals surface area contributed by atoms with Gasteiger partial charge in [-0.3, -0.25) is 18.6 Å². The Labute approximate surface area is 336 Å². The van der Waals surface area contributed by atoms with Gasteiger partial charge in [0.25, 0.3) is 0 Å². The fourth-order valence-corrected chi connectivity index (χ4v) is 6.42. The maximum Gasteiger partial charge on any atom is 0.472 e. The van der Waals surface area contributed by atoms with E-state index in [0.717, 1.165) is 64.2 Å².